The summed E-state index contributed by atoms with van der Waals surface area (Å²) >= 11 is 0. The average molecular weight is 498 g/mol. The molecule has 4 N–H and O–H groups in total. The zero-order chi connectivity index (χ0) is 25.0. The number of aromatic amines is 1. The summed E-state index contributed by atoms with van der Waals surface area (Å²) < 4.78 is 62.7. The second kappa shape index (κ2) is 8.75. The molecule has 0 amide bonds. The molecule has 4 aromatic rings. The molecular formula is C25H22F4N6O. The lowest BCUT2D eigenvalue weighted by atomic mass is 9.95. The number of halogens is 4. The molecule has 0 aliphatic carbocycles. The number of nitrogens with zero attached hydrogens (tertiary/aromatic N) is 3. The van der Waals surface area contributed by atoms with Gasteiger partial charge in [-0.05, 0) is 30.2 Å². The Balaban J connectivity index is 1.57. The number of benzene rings is 2. The maximum Gasteiger partial charge on any atom is 0.153 e. The molecule has 36 heavy (non-hydrogen) atoms. The predicted octanol–water partition coefficient (Wildman–Crippen LogP) is 4.00. The lowest BCUT2D eigenvalue weighted by Crippen LogP contribution is -2.58. The highest BCUT2D eigenvalue weighted by molar-refractivity contribution is 5.95. The lowest BCUT2D eigenvalue weighted by Gasteiger charge is -2.43. The number of nitrogens with one attached hydrogen (secondary N) is 2. The molecule has 2 aromatic carbocycles. The van der Waals surface area contributed by atoms with Gasteiger partial charge in [0.1, 0.15) is 34.6 Å². The Hall–Kier alpha value is -3.70. The van der Waals surface area contributed by atoms with E-state index < -0.39 is 23.3 Å². The van der Waals surface area contributed by atoms with Crippen molar-refractivity contribution in [3.8, 4) is 22.5 Å². The van der Waals surface area contributed by atoms with Crippen LogP contribution in [0, 0.1) is 23.3 Å². The minimum atomic E-state index is -0.827. The van der Waals surface area contributed by atoms with Crippen molar-refractivity contribution in [3.63, 3.8) is 0 Å². The number of hydrogen-bond donors (Lipinski definition) is 3. The molecule has 0 spiro atoms. The molecule has 2 aliphatic heterocycles. The van der Waals surface area contributed by atoms with Crippen LogP contribution in [0.2, 0.25) is 0 Å². The van der Waals surface area contributed by atoms with Gasteiger partial charge in [-0.1, -0.05) is 0 Å². The molecule has 6 rings (SSSR count). The highest BCUT2D eigenvalue weighted by atomic mass is 19.1. The second-order valence-corrected chi connectivity index (χ2v) is 9.01. The maximum atomic E-state index is 14.5. The first-order valence-corrected chi connectivity index (χ1v) is 11.6. The predicted molar refractivity (Wildman–Crippen MR) is 127 cm³/mol. The highest BCUT2D eigenvalue weighted by Crippen LogP contribution is 2.43. The van der Waals surface area contributed by atoms with E-state index >= 15 is 0 Å². The Morgan fingerprint density at radius 3 is 2.61 bits per heavy atom. The van der Waals surface area contributed by atoms with Crippen LogP contribution in [-0.2, 0) is 4.74 Å². The van der Waals surface area contributed by atoms with E-state index in [-0.39, 0.29) is 40.4 Å². The Morgan fingerprint density at radius 1 is 1.03 bits per heavy atom. The number of ether oxygens (including phenoxy) is 1. The molecule has 2 saturated heterocycles. The molecule has 2 aliphatic rings. The third kappa shape index (κ3) is 3.94. The minimum Gasteiger partial charge on any atom is -0.383 e. The van der Waals surface area contributed by atoms with Gasteiger partial charge in [-0.2, -0.15) is 0 Å². The minimum absolute atomic E-state index is 0.0579. The summed E-state index contributed by atoms with van der Waals surface area (Å²) in [6.07, 6.45) is 2.09. The molecule has 186 valence electrons. The van der Waals surface area contributed by atoms with Crippen LogP contribution >= 0.6 is 0 Å². The SMILES string of the molecule is Nc1ncc(-c2cc(F)cc(F)c2)c(N2CC[C@@H]3NCCO[C@H]3C2)c1-c1nc2c(F)cc(F)cc2[nH]1. The van der Waals surface area contributed by atoms with Crippen LogP contribution in [0.25, 0.3) is 33.5 Å². The summed E-state index contributed by atoms with van der Waals surface area (Å²) in [4.78, 5) is 13.6. The van der Waals surface area contributed by atoms with E-state index in [9.17, 15) is 17.6 Å². The third-order valence-electron chi connectivity index (χ3n) is 6.71. The molecule has 0 bridgehead atoms. The number of piperidine rings is 1. The van der Waals surface area contributed by atoms with Gasteiger partial charge in [0, 0.05) is 49.6 Å². The van der Waals surface area contributed by atoms with E-state index in [2.05, 4.69) is 20.3 Å². The molecule has 4 heterocycles. The van der Waals surface area contributed by atoms with Gasteiger partial charge in [0.2, 0.25) is 0 Å². The molecule has 2 aromatic heterocycles. The number of hydrogen-bond acceptors (Lipinski definition) is 6. The van der Waals surface area contributed by atoms with Gasteiger partial charge in [-0.15, -0.1) is 0 Å². The Kier molecular flexibility index (Phi) is 5.53. The van der Waals surface area contributed by atoms with Gasteiger partial charge < -0.3 is 25.7 Å². The van der Waals surface area contributed by atoms with Crippen LogP contribution in [-0.4, -0.2) is 53.3 Å². The van der Waals surface area contributed by atoms with E-state index in [4.69, 9.17) is 10.5 Å². The summed E-state index contributed by atoms with van der Waals surface area (Å²) in [5.41, 5.74) is 7.96. The molecule has 0 unspecified atom stereocenters. The molecule has 11 heteroatoms. The Labute approximate surface area is 203 Å². The molecule has 2 fully saturated rings. The van der Waals surface area contributed by atoms with Gasteiger partial charge in [0.15, 0.2) is 5.82 Å². The molecule has 7 nitrogen and oxygen atoms in total. The largest absolute Gasteiger partial charge is 0.383 e. The first-order chi connectivity index (χ1) is 17.4. The third-order valence-corrected chi connectivity index (χ3v) is 6.71. The topological polar surface area (TPSA) is 92.1 Å². The van der Waals surface area contributed by atoms with Crippen molar-refractivity contribution in [2.45, 2.75) is 18.6 Å². The fourth-order valence-electron chi connectivity index (χ4n) is 5.14. The van der Waals surface area contributed by atoms with Gasteiger partial charge in [-0.25, -0.2) is 27.5 Å². The molecule has 0 radical (unpaired) electrons. The average Bonchev–Trinajstić information content (AvgIpc) is 3.27. The number of aromatic nitrogens is 3. The van der Waals surface area contributed by atoms with Crippen molar-refractivity contribution < 1.29 is 22.3 Å². The van der Waals surface area contributed by atoms with Crippen molar-refractivity contribution in [2.75, 3.05) is 36.9 Å². The first-order valence-electron chi connectivity index (χ1n) is 11.6. The smallest absolute Gasteiger partial charge is 0.153 e. The lowest BCUT2D eigenvalue weighted by molar-refractivity contribution is -0.00899. The van der Waals surface area contributed by atoms with Gasteiger partial charge in [-0.3, -0.25) is 0 Å². The van der Waals surface area contributed by atoms with Gasteiger partial charge in [0.05, 0.1) is 29.5 Å². The van der Waals surface area contributed by atoms with Crippen molar-refractivity contribution in [2.24, 2.45) is 0 Å². The van der Waals surface area contributed by atoms with E-state index in [1.807, 2.05) is 4.90 Å². The summed E-state index contributed by atoms with van der Waals surface area (Å²) in [5, 5.41) is 3.46. The number of morpholine rings is 1. The number of imidazole rings is 1. The fourth-order valence-corrected chi connectivity index (χ4v) is 5.14. The first kappa shape index (κ1) is 22.7. The number of nitrogens with two attached hydrogens (primary N) is 1. The van der Waals surface area contributed by atoms with Crippen LogP contribution in [0.4, 0.5) is 29.1 Å². The monoisotopic (exact) mass is 498 g/mol. The zero-order valence-corrected chi connectivity index (χ0v) is 19.0. The van der Waals surface area contributed by atoms with Crippen LogP contribution in [0.5, 0.6) is 0 Å². The summed E-state index contributed by atoms with van der Waals surface area (Å²) in [7, 11) is 0. The van der Waals surface area contributed by atoms with Crippen LogP contribution < -0.4 is 16.0 Å². The fraction of sp³-hybridized carbons (Fsp3) is 0.280. The zero-order valence-electron chi connectivity index (χ0n) is 19.0. The van der Waals surface area contributed by atoms with E-state index in [1.165, 1.54) is 18.3 Å². The Bertz CT molecular complexity index is 1450. The number of nitrogen functional groups attached to an aromatic ring is 1. The number of anilines is 2. The molecular weight excluding hydrogens is 476 g/mol. The molecule has 0 saturated carbocycles. The van der Waals surface area contributed by atoms with Crippen molar-refractivity contribution in [1.29, 1.82) is 0 Å². The standard InChI is InChI=1S/C25H22F4N6O/c26-13-5-12(6-14(27)7-13)16-10-32-24(30)21(25-33-19-9-15(28)8-17(29)22(19)34-25)23(16)35-3-1-18-20(11-35)36-4-2-31-18/h5-10,18,20,31H,1-4,11H2,(H2,30,32)(H,33,34)/t18-,20-/m0/s1. The van der Waals surface area contributed by atoms with Crippen molar-refractivity contribution in [3.05, 3.63) is 59.8 Å². The quantitative estimate of drug-likeness (QED) is 0.370. The highest BCUT2D eigenvalue weighted by Gasteiger charge is 2.35. The van der Waals surface area contributed by atoms with Gasteiger partial charge >= 0.3 is 0 Å². The summed E-state index contributed by atoms with van der Waals surface area (Å²) in [5.74, 6) is -2.82. The Morgan fingerprint density at radius 2 is 1.81 bits per heavy atom. The maximum absolute atomic E-state index is 14.5. The van der Waals surface area contributed by atoms with Crippen LogP contribution in [0.1, 0.15) is 6.42 Å². The number of pyridine rings is 1. The van der Waals surface area contributed by atoms with Crippen molar-refractivity contribution in [1.82, 2.24) is 20.3 Å². The normalized spacial score (nSPS) is 20.1. The van der Waals surface area contributed by atoms with E-state index in [1.54, 1.807) is 0 Å². The van der Waals surface area contributed by atoms with Crippen LogP contribution in [0.3, 0.4) is 0 Å². The van der Waals surface area contributed by atoms with E-state index in [0.29, 0.717) is 36.5 Å². The van der Waals surface area contributed by atoms with Gasteiger partial charge in [0.25, 0.3) is 0 Å². The second-order valence-electron chi connectivity index (χ2n) is 9.01. The number of H-pyrrole nitrogens is 1. The van der Waals surface area contributed by atoms with E-state index in [0.717, 1.165) is 31.2 Å². The summed E-state index contributed by atoms with van der Waals surface area (Å²) in [6, 6.07) is 5.27. The summed E-state index contributed by atoms with van der Waals surface area (Å²) in [6.45, 7) is 2.39. The number of rotatable bonds is 3. The van der Waals surface area contributed by atoms with Crippen LogP contribution in [0.15, 0.2) is 36.5 Å². The number of fused-ring (bicyclic) bond motifs is 2. The van der Waals surface area contributed by atoms with Crippen molar-refractivity contribution >= 4 is 22.5 Å². The molecule has 2 atom stereocenters.